The first-order valence-electron chi connectivity index (χ1n) is 9.70. The van der Waals surface area contributed by atoms with E-state index in [9.17, 15) is 4.79 Å². The number of methoxy groups -OCH3 is 1. The van der Waals surface area contributed by atoms with Crippen LogP contribution in [-0.4, -0.2) is 60.2 Å². The first-order valence-corrected chi connectivity index (χ1v) is 9.70. The molecule has 1 atom stereocenters. The maximum atomic E-state index is 12.2. The third-order valence-corrected chi connectivity index (χ3v) is 4.81. The molecule has 28 heavy (non-hydrogen) atoms. The van der Waals surface area contributed by atoms with Gasteiger partial charge in [-0.3, -0.25) is 14.7 Å². The average Bonchev–Trinajstić information content (AvgIpc) is 2.70. The van der Waals surface area contributed by atoms with Gasteiger partial charge in [0.1, 0.15) is 11.4 Å². The fraction of sp³-hybridized carbons (Fsp3) is 0.476. The standard InChI is InChI=1S/C21H28N4O3/c1-16(15-27-2)24-19(26)14-25-12-8-17(9-13-25)20-21(23-11-10-22-20)28-18-6-4-3-5-7-18/h3-7,10-11,16-17H,8-9,12-15H2,1-2H3,(H,24,26)/t16-/m1/s1. The van der Waals surface area contributed by atoms with Gasteiger partial charge in [0.2, 0.25) is 11.8 Å². The van der Waals surface area contributed by atoms with Crippen molar-refractivity contribution < 1.29 is 14.3 Å². The van der Waals surface area contributed by atoms with Crippen LogP contribution >= 0.6 is 0 Å². The summed E-state index contributed by atoms with van der Waals surface area (Å²) >= 11 is 0. The van der Waals surface area contributed by atoms with E-state index >= 15 is 0 Å². The van der Waals surface area contributed by atoms with Gasteiger partial charge in [0, 0.05) is 31.5 Å². The van der Waals surface area contributed by atoms with Crippen molar-refractivity contribution in [2.75, 3.05) is 33.4 Å². The van der Waals surface area contributed by atoms with Crippen molar-refractivity contribution in [1.29, 1.82) is 0 Å². The van der Waals surface area contributed by atoms with E-state index < -0.39 is 0 Å². The number of carbonyl (C=O) groups excluding carboxylic acids is 1. The number of benzene rings is 1. The second-order valence-corrected chi connectivity index (χ2v) is 7.14. The predicted octanol–water partition coefficient (Wildman–Crippen LogP) is 2.60. The Kier molecular flexibility index (Phi) is 7.33. The van der Waals surface area contributed by atoms with Crippen LogP contribution < -0.4 is 10.1 Å². The van der Waals surface area contributed by atoms with E-state index in [2.05, 4.69) is 20.2 Å². The second-order valence-electron chi connectivity index (χ2n) is 7.14. The quantitative estimate of drug-likeness (QED) is 0.754. The third kappa shape index (κ3) is 5.74. The minimum Gasteiger partial charge on any atom is -0.437 e. The molecule has 2 heterocycles. The van der Waals surface area contributed by atoms with E-state index in [-0.39, 0.29) is 17.9 Å². The summed E-state index contributed by atoms with van der Waals surface area (Å²) in [5.74, 6) is 1.64. The molecule has 0 unspecified atom stereocenters. The number of piperidine rings is 1. The van der Waals surface area contributed by atoms with Gasteiger partial charge in [-0.15, -0.1) is 0 Å². The number of amides is 1. The van der Waals surface area contributed by atoms with E-state index in [0.29, 0.717) is 19.0 Å². The summed E-state index contributed by atoms with van der Waals surface area (Å²) in [6.45, 7) is 4.56. The van der Waals surface area contributed by atoms with Crippen molar-refractivity contribution in [3.8, 4) is 11.6 Å². The number of ether oxygens (including phenoxy) is 2. The van der Waals surface area contributed by atoms with E-state index in [1.54, 1.807) is 19.5 Å². The molecule has 1 amide bonds. The van der Waals surface area contributed by atoms with E-state index in [1.807, 2.05) is 37.3 Å². The average molecular weight is 384 g/mol. The van der Waals surface area contributed by atoms with Crippen molar-refractivity contribution >= 4 is 5.91 Å². The molecule has 1 aromatic heterocycles. The maximum absolute atomic E-state index is 12.2. The van der Waals surface area contributed by atoms with E-state index in [0.717, 1.165) is 37.4 Å². The highest BCUT2D eigenvalue weighted by atomic mass is 16.5. The molecule has 0 radical (unpaired) electrons. The van der Waals surface area contributed by atoms with Gasteiger partial charge in [-0.05, 0) is 45.0 Å². The summed E-state index contributed by atoms with van der Waals surface area (Å²) in [5.41, 5.74) is 0.893. The first kappa shape index (κ1) is 20.2. The van der Waals surface area contributed by atoms with Crippen LogP contribution in [-0.2, 0) is 9.53 Å². The number of para-hydroxylation sites is 1. The molecule has 1 aliphatic rings. The normalized spacial score (nSPS) is 16.5. The lowest BCUT2D eigenvalue weighted by Gasteiger charge is -2.31. The van der Waals surface area contributed by atoms with Crippen LogP contribution in [0.5, 0.6) is 11.6 Å². The minimum absolute atomic E-state index is 0.0207. The highest BCUT2D eigenvalue weighted by molar-refractivity contribution is 5.78. The van der Waals surface area contributed by atoms with Gasteiger partial charge in [0.25, 0.3) is 0 Å². The van der Waals surface area contributed by atoms with E-state index in [4.69, 9.17) is 9.47 Å². The molecule has 1 fully saturated rings. The first-order chi connectivity index (χ1) is 13.7. The van der Waals surface area contributed by atoms with Gasteiger partial charge in [0.05, 0.1) is 13.2 Å². The number of hydrogen-bond acceptors (Lipinski definition) is 6. The van der Waals surface area contributed by atoms with Crippen LogP contribution in [0, 0.1) is 0 Å². The molecule has 150 valence electrons. The number of carbonyl (C=O) groups is 1. The van der Waals surface area contributed by atoms with Gasteiger partial charge < -0.3 is 14.8 Å². The number of aromatic nitrogens is 2. The maximum Gasteiger partial charge on any atom is 0.241 e. The summed E-state index contributed by atoms with van der Waals surface area (Å²) in [7, 11) is 1.63. The Balaban J connectivity index is 1.54. The molecular weight excluding hydrogens is 356 g/mol. The lowest BCUT2D eigenvalue weighted by Crippen LogP contribution is -2.44. The van der Waals surface area contributed by atoms with Gasteiger partial charge >= 0.3 is 0 Å². The molecule has 3 rings (SSSR count). The molecule has 0 aliphatic carbocycles. The number of nitrogens with zero attached hydrogens (tertiary/aromatic N) is 3. The lowest BCUT2D eigenvalue weighted by molar-refractivity contribution is -0.123. The van der Waals surface area contributed by atoms with Crippen LogP contribution in [0.15, 0.2) is 42.7 Å². The molecular formula is C21H28N4O3. The molecule has 1 aromatic carbocycles. The molecule has 1 N–H and O–H groups in total. The van der Waals surface area contributed by atoms with Gasteiger partial charge in [-0.2, -0.15) is 0 Å². The smallest absolute Gasteiger partial charge is 0.241 e. The largest absolute Gasteiger partial charge is 0.437 e. The zero-order valence-corrected chi connectivity index (χ0v) is 16.5. The third-order valence-electron chi connectivity index (χ3n) is 4.81. The Morgan fingerprint density at radius 3 is 2.64 bits per heavy atom. The zero-order chi connectivity index (χ0) is 19.8. The summed E-state index contributed by atoms with van der Waals surface area (Å²) in [6, 6.07) is 9.65. The highest BCUT2D eigenvalue weighted by Crippen LogP contribution is 2.33. The second kappa shape index (κ2) is 10.1. The fourth-order valence-corrected chi connectivity index (χ4v) is 3.47. The number of hydrogen-bond donors (Lipinski definition) is 1. The molecule has 7 nitrogen and oxygen atoms in total. The highest BCUT2D eigenvalue weighted by Gasteiger charge is 2.26. The summed E-state index contributed by atoms with van der Waals surface area (Å²) in [6.07, 6.45) is 5.21. The van der Waals surface area contributed by atoms with Crippen LogP contribution in [0.3, 0.4) is 0 Å². The Labute approximate surface area is 166 Å². The SMILES string of the molecule is COC[C@@H](C)NC(=O)CN1CCC(c2nccnc2Oc2ccccc2)CC1. The number of nitrogens with one attached hydrogen (secondary N) is 1. The molecule has 0 spiro atoms. The van der Waals surface area contributed by atoms with Crippen molar-refractivity contribution in [2.24, 2.45) is 0 Å². The summed E-state index contributed by atoms with van der Waals surface area (Å²) in [5, 5.41) is 2.96. The zero-order valence-electron chi connectivity index (χ0n) is 16.5. The predicted molar refractivity (Wildman–Crippen MR) is 106 cm³/mol. The van der Waals surface area contributed by atoms with Crippen molar-refractivity contribution in [1.82, 2.24) is 20.2 Å². The number of likely N-dealkylation sites (tertiary alicyclic amines) is 1. The number of rotatable bonds is 8. The molecule has 1 saturated heterocycles. The van der Waals surface area contributed by atoms with Crippen LogP contribution in [0.1, 0.15) is 31.4 Å². The van der Waals surface area contributed by atoms with Gasteiger partial charge in [-0.1, -0.05) is 18.2 Å². The van der Waals surface area contributed by atoms with Crippen LogP contribution in [0.4, 0.5) is 0 Å². The summed E-state index contributed by atoms with van der Waals surface area (Å²) in [4.78, 5) is 23.3. The van der Waals surface area contributed by atoms with E-state index in [1.165, 1.54) is 0 Å². The van der Waals surface area contributed by atoms with Crippen molar-refractivity contribution in [2.45, 2.75) is 31.7 Å². The summed E-state index contributed by atoms with van der Waals surface area (Å²) < 4.78 is 11.0. The molecule has 1 aliphatic heterocycles. The fourth-order valence-electron chi connectivity index (χ4n) is 3.47. The van der Waals surface area contributed by atoms with Crippen LogP contribution in [0.2, 0.25) is 0 Å². The Bertz CT molecular complexity index is 748. The minimum atomic E-state index is 0.0207. The molecule has 0 bridgehead atoms. The van der Waals surface area contributed by atoms with Crippen molar-refractivity contribution in [3.63, 3.8) is 0 Å². The van der Waals surface area contributed by atoms with Gasteiger partial charge in [-0.25, -0.2) is 4.98 Å². The Morgan fingerprint density at radius 2 is 1.93 bits per heavy atom. The lowest BCUT2D eigenvalue weighted by atomic mass is 9.93. The Hall–Kier alpha value is -2.51. The van der Waals surface area contributed by atoms with Gasteiger partial charge in [0.15, 0.2) is 0 Å². The Morgan fingerprint density at radius 1 is 1.21 bits per heavy atom. The molecule has 0 saturated carbocycles. The molecule has 7 heteroatoms. The van der Waals surface area contributed by atoms with Crippen LogP contribution in [0.25, 0.3) is 0 Å². The molecule has 2 aromatic rings. The topological polar surface area (TPSA) is 76.6 Å². The van der Waals surface area contributed by atoms with Crippen molar-refractivity contribution in [3.05, 3.63) is 48.4 Å². The monoisotopic (exact) mass is 384 g/mol.